The third kappa shape index (κ3) is 4.07. The lowest BCUT2D eigenvalue weighted by molar-refractivity contribution is 0.000860. The number of benzene rings is 1. The molecule has 0 saturated carbocycles. The van der Waals surface area contributed by atoms with Crippen molar-refractivity contribution in [1.82, 2.24) is 0 Å². The molecule has 1 aromatic carbocycles. The highest BCUT2D eigenvalue weighted by molar-refractivity contribution is 5.31. The van der Waals surface area contributed by atoms with E-state index >= 15 is 0 Å². The van der Waals surface area contributed by atoms with E-state index in [1.165, 1.54) is 12.1 Å². The van der Waals surface area contributed by atoms with Gasteiger partial charge in [0.05, 0.1) is 6.61 Å². The van der Waals surface area contributed by atoms with E-state index in [0.717, 1.165) is 6.92 Å². The quantitative estimate of drug-likeness (QED) is 0.813. The van der Waals surface area contributed by atoms with Gasteiger partial charge in [0, 0.05) is 12.5 Å². The Hall–Kier alpha value is -1.32. The van der Waals surface area contributed by atoms with Crippen LogP contribution in [0, 0.1) is 0 Å². The summed E-state index contributed by atoms with van der Waals surface area (Å²) in [6.45, 7) is 0.784. The van der Waals surface area contributed by atoms with Crippen molar-refractivity contribution in [1.29, 1.82) is 0 Å². The van der Waals surface area contributed by atoms with Crippen LogP contribution in [-0.2, 0) is 0 Å². The average Bonchev–Trinajstić information content (AvgIpc) is 2.01. The predicted molar refractivity (Wildman–Crippen MR) is 48.8 cm³/mol. The van der Waals surface area contributed by atoms with E-state index in [-0.39, 0.29) is 18.8 Å². The summed E-state index contributed by atoms with van der Waals surface area (Å²) in [5.74, 6) is -2.25. The maximum Gasteiger partial charge on any atom is 0.248 e. The highest BCUT2D eigenvalue weighted by Crippen LogP contribution is 2.20. The molecule has 1 rings (SSSR count). The van der Waals surface area contributed by atoms with Gasteiger partial charge in [0.1, 0.15) is 11.5 Å². The Balaban J connectivity index is 2.39. The van der Waals surface area contributed by atoms with E-state index in [1.54, 1.807) is 12.1 Å². The molecule has 0 aliphatic heterocycles. The lowest BCUT2D eigenvalue weighted by atomic mass is 10.3. The first-order valence-electron chi connectivity index (χ1n) is 4.27. The minimum absolute atomic E-state index is 0.0609. The van der Waals surface area contributed by atoms with Gasteiger partial charge in [0.25, 0.3) is 0 Å². The maximum atomic E-state index is 12.4. The van der Waals surface area contributed by atoms with E-state index in [9.17, 15) is 8.78 Å². The zero-order valence-corrected chi connectivity index (χ0v) is 7.84. The molecule has 0 saturated heterocycles. The molecule has 0 heterocycles. The Bertz CT molecular complexity index is 294. The van der Waals surface area contributed by atoms with Crippen molar-refractivity contribution in [2.45, 2.75) is 19.3 Å². The van der Waals surface area contributed by atoms with Gasteiger partial charge in [-0.05, 0) is 19.1 Å². The molecule has 0 aromatic heterocycles. The third-order valence-corrected chi connectivity index (χ3v) is 1.63. The Morgan fingerprint density at radius 1 is 1.43 bits per heavy atom. The topological polar surface area (TPSA) is 29.5 Å². The number of phenols is 1. The molecule has 1 aromatic rings. The average molecular weight is 202 g/mol. The maximum absolute atomic E-state index is 12.4. The van der Waals surface area contributed by atoms with E-state index in [2.05, 4.69) is 0 Å². The molecule has 2 nitrogen and oxygen atoms in total. The van der Waals surface area contributed by atoms with Gasteiger partial charge in [-0.15, -0.1) is 0 Å². The van der Waals surface area contributed by atoms with Crippen LogP contribution in [0.25, 0.3) is 0 Å². The number of hydrogen-bond donors (Lipinski definition) is 1. The van der Waals surface area contributed by atoms with Crippen LogP contribution in [0.15, 0.2) is 24.3 Å². The Labute approximate surface area is 81.1 Å². The molecule has 78 valence electrons. The second-order valence-corrected chi connectivity index (χ2v) is 3.17. The molecule has 1 N–H and O–H groups in total. The fraction of sp³-hybridized carbons (Fsp3) is 0.400. The Morgan fingerprint density at radius 3 is 2.71 bits per heavy atom. The third-order valence-electron chi connectivity index (χ3n) is 1.63. The molecular weight excluding hydrogens is 190 g/mol. The molecule has 14 heavy (non-hydrogen) atoms. The van der Waals surface area contributed by atoms with E-state index in [0.29, 0.717) is 5.75 Å². The first kappa shape index (κ1) is 10.8. The van der Waals surface area contributed by atoms with Crippen molar-refractivity contribution in [2.75, 3.05) is 6.61 Å². The number of alkyl halides is 2. The first-order valence-corrected chi connectivity index (χ1v) is 4.27. The zero-order chi connectivity index (χ0) is 10.6. The first-order chi connectivity index (χ1) is 6.47. The van der Waals surface area contributed by atoms with Gasteiger partial charge in [-0.3, -0.25) is 0 Å². The van der Waals surface area contributed by atoms with Gasteiger partial charge in [-0.1, -0.05) is 6.07 Å². The number of phenolic OH excluding ortho intramolecular Hbond substituents is 1. The summed E-state index contributed by atoms with van der Waals surface area (Å²) in [4.78, 5) is 0. The standard InChI is InChI=1S/C10H12F2O2/c1-10(11,12)5-6-14-9-4-2-3-8(13)7-9/h2-4,7,13H,5-6H2,1H3. The van der Waals surface area contributed by atoms with Crippen LogP contribution < -0.4 is 4.74 Å². The number of aromatic hydroxyl groups is 1. The van der Waals surface area contributed by atoms with Gasteiger partial charge in [-0.2, -0.15) is 0 Å². The van der Waals surface area contributed by atoms with Crippen LogP contribution in [0.3, 0.4) is 0 Å². The Morgan fingerprint density at radius 2 is 2.14 bits per heavy atom. The highest BCUT2D eigenvalue weighted by Gasteiger charge is 2.20. The molecule has 0 aliphatic rings. The SMILES string of the molecule is CC(F)(F)CCOc1cccc(O)c1. The van der Waals surface area contributed by atoms with Crippen LogP contribution in [0.4, 0.5) is 8.78 Å². The lowest BCUT2D eigenvalue weighted by Crippen LogP contribution is -2.14. The molecule has 4 heteroatoms. The molecular formula is C10H12F2O2. The molecule has 0 bridgehead atoms. The van der Waals surface area contributed by atoms with Crippen molar-refractivity contribution in [3.8, 4) is 11.5 Å². The van der Waals surface area contributed by atoms with Crippen molar-refractivity contribution in [3.63, 3.8) is 0 Å². The number of ether oxygens (including phenoxy) is 1. The number of halogens is 2. The summed E-state index contributed by atoms with van der Waals surface area (Å²) in [5.41, 5.74) is 0. The second-order valence-electron chi connectivity index (χ2n) is 3.17. The number of hydrogen-bond acceptors (Lipinski definition) is 2. The molecule has 0 aliphatic carbocycles. The van der Waals surface area contributed by atoms with E-state index in [4.69, 9.17) is 9.84 Å². The lowest BCUT2D eigenvalue weighted by Gasteiger charge is -2.11. The van der Waals surface area contributed by atoms with Gasteiger partial charge < -0.3 is 9.84 Å². The summed E-state index contributed by atoms with van der Waals surface area (Å²) in [5, 5.41) is 9.04. The van der Waals surface area contributed by atoms with Crippen molar-refractivity contribution < 1.29 is 18.6 Å². The summed E-state index contributed by atoms with van der Waals surface area (Å²) in [6.07, 6.45) is -0.331. The molecule has 0 spiro atoms. The van der Waals surface area contributed by atoms with E-state index < -0.39 is 5.92 Å². The molecule has 0 unspecified atom stereocenters. The van der Waals surface area contributed by atoms with E-state index in [1.807, 2.05) is 0 Å². The molecule has 0 atom stereocenters. The summed E-state index contributed by atoms with van der Waals surface area (Å²) < 4.78 is 29.8. The molecule has 0 radical (unpaired) electrons. The van der Waals surface area contributed by atoms with Crippen LogP contribution in [-0.4, -0.2) is 17.6 Å². The Kier molecular flexibility index (Phi) is 3.28. The monoisotopic (exact) mass is 202 g/mol. The smallest absolute Gasteiger partial charge is 0.248 e. The minimum Gasteiger partial charge on any atom is -0.508 e. The fourth-order valence-electron chi connectivity index (χ4n) is 0.921. The minimum atomic E-state index is -2.71. The predicted octanol–water partition coefficient (Wildman–Crippen LogP) is 2.82. The van der Waals surface area contributed by atoms with Crippen LogP contribution in [0.5, 0.6) is 11.5 Å². The fourth-order valence-corrected chi connectivity index (χ4v) is 0.921. The van der Waals surface area contributed by atoms with Crippen molar-refractivity contribution in [3.05, 3.63) is 24.3 Å². The highest BCUT2D eigenvalue weighted by atomic mass is 19.3. The largest absolute Gasteiger partial charge is 0.508 e. The van der Waals surface area contributed by atoms with Crippen molar-refractivity contribution in [2.24, 2.45) is 0 Å². The van der Waals surface area contributed by atoms with Crippen LogP contribution in [0.2, 0.25) is 0 Å². The molecule has 0 fully saturated rings. The summed E-state index contributed by atoms with van der Waals surface area (Å²) in [7, 11) is 0. The van der Waals surface area contributed by atoms with Gasteiger partial charge in [0.15, 0.2) is 0 Å². The normalized spacial score (nSPS) is 11.4. The van der Waals surface area contributed by atoms with Gasteiger partial charge >= 0.3 is 0 Å². The van der Waals surface area contributed by atoms with Gasteiger partial charge in [0.2, 0.25) is 5.92 Å². The zero-order valence-electron chi connectivity index (χ0n) is 7.84. The van der Waals surface area contributed by atoms with Crippen LogP contribution >= 0.6 is 0 Å². The number of rotatable bonds is 4. The van der Waals surface area contributed by atoms with Crippen LogP contribution in [0.1, 0.15) is 13.3 Å². The van der Waals surface area contributed by atoms with Crippen molar-refractivity contribution >= 4 is 0 Å². The summed E-state index contributed by atoms with van der Waals surface area (Å²) >= 11 is 0. The second kappa shape index (κ2) is 4.26. The summed E-state index contributed by atoms with van der Waals surface area (Å²) in [6, 6.07) is 6.07. The van der Waals surface area contributed by atoms with Gasteiger partial charge in [-0.25, -0.2) is 8.78 Å². The molecule has 0 amide bonds.